The summed E-state index contributed by atoms with van der Waals surface area (Å²) in [6.45, 7) is 5.18. The summed E-state index contributed by atoms with van der Waals surface area (Å²) in [5, 5.41) is 8.46. The maximum Gasteiger partial charge on any atom is 0.154 e. The van der Waals surface area contributed by atoms with Crippen LogP contribution in [0.4, 0.5) is 5.82 Å². The van der Waals surface area contributed by atoms with Crippen molar-refractivity contribution in [2.24, 2.45) is 0 Å². The third kappa shape index (κ3) is 2.66. The minimum absolute atomic E-state index is 0.482. The van der Waals surface area contributed by atoms with Crippen LogP contribution in [0.3, 0.4) is 0 Å². The fourth-order valence-corrected chi connectivity index (χ4v) is 3.67. The van der Waals surface area contributed by atoms with Crippen molar-refractivity contribution in [2.45, 2.75) is 31.7 Å². The van der Waals surface area contributed by atoms with Gasteiger partial charge in [0, 0.05) is 49.6 Å². The number of hydrogen-bond donors (Lipinski definition) is 1. The number of pyridine rings is 1. The second-order valence-electron chi connectivity index (χ2n) is 7.12. The first kappa shape index (κ1) is 14.8. The molecule has 0 amide bonds. The average Bonchev–Trinajstić information content (AvgIpc) is 3.42. The summed E-state index contributed by atoms with van der Waals surface area (Å²) in [4.78, 5) is 11.4. The molecule has 1 atom stereocenters. The molecule has 1 aliphatic carbocycles. The first-order valence-corrected chi connectivity index (χ1v) is 9.08. The van der Waals surface area contributed by atoms with E-state index in [4.69, 9.17) is 10.1 Å². The Bertz CT molecular complexity index is 899. The molecule has 1 N–H and O–H groups in total. The van der Waals surface area contributed by atoms with E-state index in [1.165, 1.54) is 18.5 Å². The van der Waals surface area contributed by atoms with Crippen LogP contribution in [0.25, 0.3) is 16.9 Å². The SMILES string of the molecule is C[C@H]1CN(c2ccc3nc(C4CC4)c(-c4ccncc4)n3n2)CCN1. The summed E-state index contributed by atoms with van der Waals surface area (Å²) in [6, 6.07) is 8.79. The van der Waals surface area contributed by atoms with Gasteiger partial charge in [0.05, 0.1) is 11.4 Å². The van der Waals surface area contributed by atoms with E-state index in [1.807, 2.05) is 16.9 Å². The summed E-state index contributed by atoms with van der Waals surface area (Å²) < 4.78 is 2.03. The Morgan fingerprint density at radius 3 is 2.72 bits per heavy atom. The highest BCUT2D eigenvalue weighted by atomic mass is 15.3. The first-order chi connectivity index (χ1) is 12.3. The number of nitrogens with one attached hydrogen (secondary N) is 1. The van der Waals surface area contributed by atoms with Crippen LogP contribution < -0.4 is 10.2 Å². The molecule has 25 heavy (non-hydrogen) atoms. The summed E-state index contributed by atoms with van der Waals surface area (Å²) >= 11 is 0. The maximum absolute atomic E-state index is 4.97. The predicted octanol–water partition coefficient (Wildman–Crippen LogP) is 2.47. The minimum atomic E-state index is 0.482. The molecule has 3 aromatic rings. The number of aromatic nitrogens is 4. The molecule has 3 aromatic heterocycles. The Balaban J connectivity index is 1.65. The van der Waals surface area contributed by atoms with Gasteiger partial charge < -0.3 is 10.2 Å². The Hall–Kier alpha value is -2.47. The van der Waals surface area contributed by atoms with Crippen LogP contribution in [0, 0.1) is 0 Å². The molecule has 2 aliphatic rings. The highest BCUT2D eigenvalue weighted by Gasteiger charge is 2.31. The molecule has 1 aliphatic heterocycles. The van der Waals surface area contributed by atoms with E-state index < -0.39 is 0 Å². The Morgan fingerprint density at radius 2 is 1.96 bits per heavy atom. The largest absolute Gasteiger partial charge is 0.352 e. The number of hydrogen-bond acceptors (Lipinski definition) is 5. The highest BCUT2D eigenvalue weighted by molar-refractivity contribution is 5.68. The zero-order chi connectivity index (χ0) is 16.8. The lowest BCUT2D eigenvalue weighted by Gasteiger charge is -2.32. The van der Waals surface area contributed by atoms with Gasteiger partial charge in [-0.15, -0.1) is 5.10 Å². The number of imidazole rings is 1. The Kier molecular flexibility index (Phi) is 3.45. The van der Waals surface area contributed by atoms with Crippen molar-refractivity contribution < 1.29 is 0 Å². The number of nitrogens with zero attached hydrogens (tertiary/aromatic N) is 5. The zero-order valence-corrected chi connectivity index (χ0v) is 14.4. The van der Waals surface area contributed by atoms with Gasteiger partial charge in [-0.3, -0.25) is 4.98 Å². The molecule has 2 fully saturated rings. The van der Waals surface area contributed by atoms with Crippen molar-refractivity contribution >= 4 is 11.5 Å². The molecule has 1 saturated heterocycles. The van der Waals surface area contributed by atoms with Gasteiger partial charge in [-0.05, 0) is 44.0 Å². The van der Waals surface area contributed by atoms with E-state index in [0.29, 0.717) is 12.0 Å². The van der Waals surface area contributed by atoms with Crippen molar-refractivity contribution in [3.8, 4) is 11.3 Å². The monoisotopic (exact) mass is 334 g/mol. The van der Waals surface area contributed by atoms with E-state index >= 15 is 0 Å². The molecule has 128 valence electrons. The minimum Gasteiger partial charge on any atom is -0.352 e. The fraction of sp³-hybridized carbons (Fsp3) is 0.421. The lowest BCUT2D eigenvalue weighted by molar-refractivity contribution is 0.481. The molecule has 0 unspecified atom stereocenters. The Labute approximate surface area is 146 Å². The van der Waals surface area contributed by atoms with E-state index in [0.717, 1.165) is 42.4 Å². The van der Waals surface area contributed by atoms with Gasteiger partial charge in [0.2, 0.25) is 0 Å². The van der Waals surface area contributed by atoms with Crippen LogP contribution in [0.2, 0.25) is 0 Å². The van der Waals surface area contributed by atoms with E-state index in [-0.39, 0.29) is 0 Å². The van der Waals surface area contributed by atoms with E-state index in [1.54, 1.807) is 0 Å². The molecular formula is C19H22N6. The second kappa shape index (κ2) is 5.81. The van der Waals surface area contributed by atoms with Gasteiger partial charge in [0.25, 0.3) is 0 Å². The standard InChI is InChI=1S/C19H22N6/c1-13-12-24(11-10-21-13)17-5-4-16-22-18(14-2-3-14)19(25(16)23-17)15-6-8-20-9-7-15/h4-9,13-14,21H,2-3,10-12H2,1H3/t13-/m0/s1. The van der Waals surface area contributed by atoms with Gasteiger partial charge in [0.1, 0.15) is 5.82 Å². The lowest BCUT2D eigenvalue weighted by atomic mass is 10.1. The van der Waals surface area contributed by atoms with Gasteiger partial charge in [0.15, 0.2) is 5.65 Å². The third-order valence-corrected chi connectivity index (χ3v) is 5.10. The number of piperazine rings is 1. The molecular weight excluding hydrogens is 312 g/mol. The predicted molar refractivity (Wildman–Crippen MR) is 97.9 cm³/mol. The van der Waals surface area contributed by atoms with Crippen molar-refractivity contribution in [1.29, 1.82) is 0 Å². The number of rotatable bonds is 3. The fourth-order valence-electron chi connectivity index (χ4n) is 3.67. The highest BCUT2D eigenvalue weighted by Crippen LogP contribution is 2.44. The molecule has 4 heterocycles. The van der Waals surface area contributed by atoms with Crippen LogP contribution in [-0.4, -0.2) is 45.3 Å². The normalized spacial score (nSPS) is 21.0. The van der Waals surface area contributed by atoms with Crippen LogP contribution in [0.5, 0.6) is 0 Å². The molecule has 1 saturated carbocycles. The summed E-state index contributed by atoms with van der Waals surface area (Å²) in [5.74, 6) is 1.60. The molecule has 6 heteroatoms. The van der Waals surface area contributed by atoms with Crippen molar-refractivity contribution in [2.75, 3.05) is 24.5 Å². The summed E-state index contributed by atoms with van der Waals surface area (Å²) in [7, 11) is 0. The first-order valence-electron chi connectivity index (χ1n) is 9.08. The van der Waals surface area contributed by atoms with Crippen LogP contribution in [0.1, 0.15) is 31.4 Å². The average molecular weight is 334 g/mol. The van der Waals surface area contributed by atoms with Gasteiger partial charge in [-0.25, -0.2) is 9.50 Å². The van der Waals surface area contributed by atoms with Crippen LogP contribution in [0.15, 0.2) is 36.7 Å². The molecule has 0 bridgehead atoms. The molecule has 0 radical (unpaired) electrons. The van der Waals surface area contributed by atoms with E-state index in [2.05, 4.69) is 46.4 Å². The molecule has 0 spiro atoms. The quantitative estimate of drug-likeness (QED) is 0.797. The van der Waals surface area contributed by atoms with E-state index in [9.17, 15) is 0 Å². The van der Waals surface area contributed by atoms with Crippen molar-refractivity contribution in [1.82, 2.24) is 24.9 Å². The second-order valence-corrected chi connectivity index (χ2v) is 7.12. The number of fused-ring (bicyclic) bond motifs is 1. The van der Waals surface area contributed by atoms with Crippen LogP contribution in [-0.2, 0) is 0 Å². The van der Waals surface area contributed by atoms with Crippen molar-refractivity contribution in [3.63, 3.8) is 0 Å². The summed E-state index contributed by atoms with van der Waals surface area (Å²) in [5.41, 5.74) is 4.39. The molecule has 0 aromatic carbocycles. The Morgan fingerprint density at radius 1 is 1.12 bits per heavy atom. The van der Waals surface area contributed by atoms with Gasteiger partial charge in [-0.2, -0.15) is 0 Å². The topological polar surface area (TPSA) is 58.4 Å². The zero-order valence-electron chi connectivity index (χ0n) is 14.4. The summed E-state index contributed by atoms with van der Waals surface area (Å²) in [6.07, 6.45) is 6.13. The lowest BCUT2D eigenvalue weighted by Crippen LogP contribution is -2.49. The third-order valence-electron chi connectivity index (χ3n) is 5.10. The smallest absolute Gasteiger partial charge is 0.154 e. The van der Waals surface area contributed by atoms with Crippen LogP contribution >= 0.6 is 0 Å². The van der Waals surface area contributed by atoms with Crippen molar-refractivity contribution in [3.05, 3.63) is 42.4 Å². The van der Waals surface area contributed by atoms with Gasteiger partial charge >= 0.3 is 0 Å². The number of anilines is 1. The molecule has 5 rings (SSSR count). The molecule has 6 nitrogen and oxygen atoms in total. The maximum atomic E-state index is 4.97. The van der Waals surface area contributed by atoms with Gasteiger partial charge in [-0.1, -0.05) is 0 Å².